The van der Waals surface area contributed by atoms with E-state index >= 15 is 0 Å². The molecule has 1 aliphatic rings. The predicted octanol–water partition coefficient (Wildman–Crippen LogP) is 2.49. The molecule has 1 heterocycles. The first kappa shape index (κ1) is 17.7. The first-order chi connectivity index (χ1) is 10.9. The fourth-order valence-electron chi connectivity index (χ4n) is 2.97. The second kappa shape index (κ2) is 7.75. The van der Waals surface area contributed by atoms with Crippen LogP contribution >= 0.6 is 11.6 Å². The van der Waals surface area contributed by atoms with Crippen molar-refractivity contribution in [3.8, 4) is 0 Å². The van der Waals surface area contributed by atoms with Crippen LogP contribution in [0.15, 0.2) is 18.2 Å². The number of carbonyl (C=O) groups is 2. The topological polar surface area (TPSA) is 60.9 Å². The van der Waals surface area contributed by atoms with Crippen molar-refractivity contribution in [1.29, 1.82) is 0 Å². The van der Waals surface area contributed by atoms with Crippen LogP contribution in [0.3, 0.4) is 0 Å². The molecule has 1 N–H and O–H groups in total. The van der Waals surface area contributed by atoms with Crippen molar-refractivity contribution in [3.05, 3.63) is 34.6 Å². The van der Waals surface area contributed by atoms with E-state index in [4.69, 9.17) is 16.7 Å². The number of likely N-dealkylation sites (N-methyl/N-ethyl adjacent to an activating group) is 1. The highest BCUT2D eigenvalue weighted by molar-refractivity contribution is 6.31. The Morgan fingerprint density at radius 3 is 2.52 bits per heavy atom. The zero-order valence-electron chi connectivity index (χ0n) is 13.0. The molecule has 1 amide bonds. The van der Waals surface area contributed by atoms with Crippen LogP contribution in [0.25, 0.3) is 0 Å². The minimum atomic E-state index is -0.847. The summed E-state index contributed by atoms with van der Waals surface area (Å²) in [5.74, 6) is -1.62. The van der Waals surface area contributed by atoms with Crippen LogP contribution in [0.4, 0.5) is 4.39 Å². The molecule has 1 aromatic rings. The Labute approximate surface area is 139 Å². The van der Waals surface area contributed by atoms with Crippen molar-refractivity contribution in [2.45, 2.75) is 25.8 Å². The Morgan fingerprint density at radius 1 is 1.35 bits per heavy atom. The molecule has 23 heavy (non-hydrogen) atoms. The zero-order chi connectivity index (χ0) is 17.0. The van der Waals surface area contributed by atoms with Gasteiger partial charge in [0.2, 0.25) is 0 Å². The second-order valence-electron chi connectivity index (χ2n) is 5.64. The third-order valence-corrected chi connectivity index (χ3v) is 4.34. The first-order valence-electron chi connectivity index (χ1n) is 7.62. The first-order valence-corrected chi connectivity index (χ1v) is 7.99. The molecule has 2 rings (SSSR count). The van der Waals surface area contributed by atoms with E-state index in [-0.39, 0.29) is 29.1 Å². The van der Waals surface area contributed by atoms with E-state index in [1.807, 2.05) is 11.8 Å². The number of benzene rings is 1. The number of hydrogen-bond acceptors (Lipinski definition) is 3. The van der Waals surface area contributed by atoms with Gasteiger partial charge in [-0.1, -0.05) is 18.5 Å². The van der Waals surface area contributed by atoms with Gasteiger partial charge in [0.1, 0.15) is 5.82 Å². The molecule has 1 aromatic carbocycles. The summed E-state index contributed by atoms with van der Waals surface area (Å²) >= 11 is 5.79. The standard InChI is InChI=1S/C16H20ClFN2O3/c1-2-19(10-15(21)22)14-3-5-20(6-4-14)16(23)11-7-12(17)9-13(18)8-11/h7-9,14H,2-6,10H2,1H3,(H,21,22). The Bertz CT molecular complexity index is 568. The molecule has 1 saturated heterocycles. The van der Waals surface area contributed by atoms with Crippen LogP contribution in [-0.4, -0.2) is 59.0 Å². The van der Waals surface area contributed by atoms with Crippen LogP contribution < -0.4 is 0 Å². The van der Waals surface area contributed by atoms with Crippen LogP contribution in [0.2, 0.25) is 5.02 Å². The van der Waals surface area contributed by atoms with Gasteiger partial charge in [-0.2, -0.15) is 0 Å². The summed E-state index contributed by atoms with van der Waals surface area (Å²) in [6.45, 7) is 3.63. The number of aliphatic carboxylic acids is 1. The van der Waals surface area contributed by atoms with E-state index in [1.165, 1.54) is 12.1 Å². The summed E-state index contributed by atoms with van der Waals surface area (Å²) in [6.07, 6.45) is 1.41. The number of amides is 1. The van der Waals surface area contributed by atoms with Crippen molar-refractivity contribution in [1.82, 2.24) is 9.80 Å². The minimum Gasteiger partial charge on any atom is -0.480 e. The maximum Gasteiger partial charge on any atom is 0.317 e. The molecule has 7 heteroatoms. The smallest absolute Gasteiger partial charge is 0.317 e. The Hall–Kier alpha value is -1.66. The van der Waals surface area contributed by atoms with Gasteiger partial charge in [0.25, 0.3) is 5.91 Å². The number of halogens is 2. The number of carboxylic acid groups (broad SMARTS) is 1. The lowest BCUT2D eigenvalue weighted by molar-refractivity contribution is -0.139. The fourth-order valence-corrected chi connectivity index (χ4v) is 3.19. The van der Waals surface area contributed by atoms with Crippen molar-refractivity contribution in [3.63, 3.8) is 0 Å². The normalized spacial score (nSPS) is 15.9. The van der Waals surface area contributed by atoms with Gasteiger partial charge < -0.3 is 10.0 Å². The lowest BCUT2D eigenvalue weighted by Crippen LogP contribution is -2.48. The number of likely N-dealkylation sites (tertiary alicyclic amines) is 1. The van der Waals surface area contributed by atoms with Crippen LogP contribution in [-0.2, 0) is 4.79 Å². The Kier molecular flexibility index (Phi) is 5.96. The highest BCUT2D eigenvalue weighted by atomic mass is 35.5. The lowest BCUT2D eigenvalue weighted by atomic mass is 10.0. The molecule has 0 aliphatic carbocycles. The minimum absolute atomic E-state index is 0.00855. The maximum absolute atomic E-state index is 13.4. The largest absolute Gasteiger partial charge is 0.480 e. The van der Waals surface area contributed by atoms with Crippen molar-refractivity contribution in [2.24, 2.45) is 0 Å². The van der Waals surface area contributed by atoms with E-state index in [0.29, 0.717) is 32.5 Å². The van der Waals surface area contributed by atoms with Gasteiger partial charge in [-0.05, 0) is 37.6 Å². The Balaban J connectivity index is 1.98. The molecular weight excluding hydrogens is 323 g/mol. The number of carbonyl (C=O) groups excluding carboxylic acids is 1. The van der Waals surface area contributed by atoms with E-state index in [0.717, 1.165) is 6.07 Å². The quantitative estimate of drug-likeness (QED) is 0.893. The molecule has 0 atom stereocenters. The Morgan fingerprint density at radius 2 is 2.00 bits per heavy atom. The maximum atomic E-state index is 13.4. The molecule has 126 valence electrons. The molecule has 5 nitrogen and oxygen atoms in total. The molecule has 0 unspecified atom stereocenters. The number of nitrogens with zero attached hydrogens (tertiary/aromatic N) is 2. The SMILES string of the molecule is CCN(CC(=O)O)C1CCN(C(=O)c2cc(F)cc(Cl)c2)CC1. The van der Waals surface area contributed by atoms with Gasteiger partial charge >= 0.3 is 5.97 Å². The number of rotatable bonds is 5. The molecule has 0 bridgehead atoms. The summed E-state index contributed by atoms with van der Waals surface area (Å²) < 4.78 is 13.4. The molecule has 0 radical (unpaired) electrons. The molecule has 1 fully saturated rings. The fraction of sp³-hybridized carbons (Fsp3) is 0.500. The van der Waals surface area contributed by atoms with E-state index in [1.54, 1.807) is 4.90 Å². The van der Waals surface area contributed by atoms with Crippen molar-refractivity contribution < 1.29 is 19.1 Å². The summed E-state index contributed by atoms with van der Waals surface area (Å²) in [4.78, 5) is 26.9. The average Bonchev–Trinajstić information content (AvgIpc) is 2.51. The molecule has 0 saturated carbocycles. The van der Waals surface area contributed by atoms with Crippen LogP contribution in [0.1, 0.15) is 30.1 Å². The van der Waals surface area contributed by atoms with Gasteiger partial charge in [0.15, 0.2) is 0 Å². The molecule has 0 spiro atoms. The zero-order valence-corrected chi connectivity index (χ0v) is 13.7. The summed E-state index contributed by atoms with van der Waals surface area (Å²) in [5.41, 5.74) is 0.242. The lowest BCUT2D eigenvalue weighted by Gasteiger charge is -2.37. The molecule has 1 aliphatic heterocycles. The van der Waals surface area contributed by atoms with E-state index < -0.39 is 11.8 Å². The van der Waals surface area contributed by atoms with Gasteiger partial charge in [0, 0.05) is 29.7 Å². The van der Waals surface area contributed by atoms with Crippen molar-refractivity contribution in [2.75, 3.05) is 26.2 Å². The third kappa shape index (κ3) is 4.65. The van der Waals surface area contributed by atoms with E-state index in [2.05, 4.69) is 0 Å². The molecular formula is C16H20ClFN2O3. The molecule has 0 aromatic heterocycles. The number of carboxylic acids is 1. The number of hydrogen-bond donors (Lipinski definition) is 1. The van der Waals surface area contributed by atoms with Gasteiger partial charge in [0.05, 0.1) is 6.54 Å². The van der Waals surface area contributed by atoms with Gasteiger partial charge in [-0.15, -0.1) is 0 Å². The highest BCUT2D eigenvalue weighted by Gasteiger charge is 2.27. The number of piperidine rings is 1. The van der Waals surface area contributed by atoms with Gasteiger partial charge in [-0.3, -0.25) is 14.5 Å². The van der Waals surface area contributed by atoms with E-state index in [9.17, 15) is 14.0 Å². The summed E-state index contributed by atoms with van der Waals surface area (Å²) in [7, 11) is 0. The highest BCUT2D eigenvalue weighted by Crippen LogP contribution is 2.20. The van der Waals surface area contributed by atoms with Crippen LogP contribution in [0.5, 0.6) is 0 Å². The predicted molar refractivity (Wildman–Crippen MR) is 85.2 cm³/mol. The van der Waals surface area contributed by atoms with Crippen LogP contribution in [0, 0.1) is 5.82 Å². The monoisotopic (exact) mass is 342 g/mol. The van der Waals surface area contributed by atoms with Crippen molar-refractivity contribution >= 4 is 23.5 Å². The summed E-state index contributed by atoms with van der Waals surface area (Å²) in [6, 6.07) is 3.96. The van der Waals surface area contributed by atoms with Gasteiger partial charge in [-0.25, -0.2) is 4.39 Å². The second-order valence-corrected chi connectivity index (χ2v) is 6.07. The summed E-state index contributed by atoms with van der Waals surface area (Å²) in [5, 5.41) is 9.13. The average molecular weight is 343 g/mol. The third-order valence-electron chi connectivity index (χ3n) is 4.12.